The fourth-order valence-electron chi connectivity index (χ4n) is 3.52. The molecule has 2 amide bonds. The van der Waals surface area contributed by atoms with Crippen LogP contribution in [0.1, 0.15) is 40.2 Å². The maximum absolute atomic E-state index is 12.9. The van der Waals surface area contributed by atoms with Gasteiger partial charge in [0, 0.05) is 43.6 Å². The third kappa shape index (κ3) is 2.60. The highest BCUT2D eigenvalue weighted by Crippen LogP contribution is 2.35. The first-order valence-corrected chi connectivity index (χ1v) is 8.17. The number of carbonyl (C=O) groups is 2. The lowest BCUT2D eigenvalue weighted by Gasteiger charge is -2.16. The van der Waals surface area contributed by atoms with Crippen LogP contribution in [-0.2, 0) is 18.3 Å². The molecular formula is C17H23N5O2. The summed E-state index contributed by atoms with van der Waals surface area (Å²) in [6, 6.07) is 1.79. The second kappa shape index (κ2) is 6.14. The average molecular weight is 329 g/mol. The molecule has 3 N–H and O–H groups in total. The van der Waals surface area contributed by atoms with E-state index in [1.165, 1.54) is 0 Å². The molecule has 7 nitrogen and oxygen atoms in total. The fourth-order valence-corrected chi connectivity index (χ4v) is 3.52. The van der Waals surface area contributed by atoms with Crippen molar-refractivity contribution in [2.45, 2.75) is 26.2 Å². The van der Waals surface area contributed by atoms with Crippen LogP contribution in [0.2, 0.25) is 0 Å². The van der Waals surface area contributed by atoms with Crippen molar-refractivity contribution >= 4 is 11.8 Å². The van der Waals surface area contributed by atoms with Gasteiger partial charge in [-0.2, -0.15) is 5.10 Å². The Morgan fingerprint density at radius 3 is 2.75 bits per heavy atom. The zero-order valence-electron chi connectivity index (χ0n) is 14.2. The lowest BCUT2D eigenvalue weighted by atomic mass is 9.89. The van der Waals surface area contributed by atoms with Gasteiger partial charge in [0.2, 0.25) is 5.91 Å². The van der Waals surface area contributed by atoms with Gasteiger partial charge < -0.3 is 15.6 Å². The number of likely N-dealkylation sites (tertiary alicyclic amines) is 1. The summed E-state index contributed by atoms with van der Waals surface area (Å²) >= 11 is 0. The van der Waals surface area contributed by atoms with Crippen LogP contribution < -0.4 is 5.73 Å². The number of nitrogens with zero attached hydrogens (tertiary/aromatic N) is 3. The average Bonchev–Trinajstić information content (AvgIpc) is 3.26. The van der Waals surface area contributed by atoms with E-state index in [1.807, 2.05) is 20.9 Å². The number of H-pyrrole nitrogens is 1. The number of hydrogen-bond acceptors (Lipinski definition) is 3. The van der Waals surface area contributed by atoms with E-state index >= 15 is 0 Å². The monoisotopic (exact) mass is 329 g/mol. The van der Waals surface area contributed by atoms with Crippen LogP contribution in [0.5, 0.6) is 0 Å². The third-order valence-electron chi connectivity index (χ3n) is 5.06. The number of hydrogen-bond donors (Lipinski definition) is 2. The lowest BCUT2D eigenvalue weighted by Crippen LogP contribution is -2.32. The minimum absolute atomic E-state index is 0.0524. The molecule has 1 saturated heterocycles. The molecule has 1 fully saturated rings. The van der Waals surface area contributed by atoms with Crippen molar-refractivity contribution in [1.82, 2.24) is 19.7 Å². The van der Waals surface area contributed by atoms with Gasteiger partial charge in [-0.3, -0.25) is 14.3 Å². The Balaban J connectivity index is 1.89. The Bertz CT molecular complexity index is 776. The Morgan fingerprint density at radius 2 is 2.17 bits per heavy atom. The molecule has 2 aromatic heterocycles. The molecule has 0 spiro atoms. The van der Waals surface area contributed by atoms with E-state index in [2.05, 4.69) is 10.1 Å². The zero-order valence-corrected chi connectivity index (χ0v) is 14.2. The zero-order chi connectivity index (χ0) is 17.4. The molecule has 128 valence electrons. The highest BCUT2D eigenvalue weighted by molar-refractivity contribution is 5.96. The van der Waals surface area contributed by atoms with Crippen molar-refractivity contribution in [3.63, 3.8) is 0 Å². The molecule has 0 bridgehead atoms. The van der Waals surface area contributed by atoms with Crippen LogP contribution in [0.4, 0.5) is 0 Å². The minimum atomic E-state index is -0.388. The van der Waals surface area contributed by atoms with Gasteiger partial charge in [-0.25, -0.2) is 0 Å². The van der Waals surface area contributed by atoms with Crippen molar-refractivity contribution in [2.24, 2.45) is 18.7 Å². The highest BCUT2D eigenvalue weighted by atomic mass is 16.2. The first kappa shape index (κ1) is 16.3. The molecule has 7 heteroatoms. The van der Waals surface area contributed by atoms with Crippen LogP contribution >= 0.6 is 0 Å². The Morgan fingerprint density at radius 1 is 1.42 bits per heavy atom. The maximum Gasteiger partial charge on any atom is 0.255 e. The van der Waals surface area contributed by atoms with Crippen LogP contribution in [0.15, 0.2) is 18.5 Å². The summed E-state index contributed by atoms with van der Waals surface area (Å²) in [6.45, 7) is 4.79. The molecule has 3 heterocycles. The van der Waals surface area contributed by atoms with Crippen molar-refractivity contribution in [3.05, 3.63) is 41.0 Å². The van der Waals surface area contributed by atoms with Gasteiger partial charge in [-0.15, -0.1) is 0 Å². The van der Waals surface area contributed by atoms with Gasteiger partial charge in [0.25, 0.3) is 5.91 Å². The summed E-state index contributed by atoms with van der Waals surface area (Å²) in [4.78, 5) is 29.6. The second-order valence-corrected chi connectivity index (χ2v) is 6.36. The van der Waals surface area contributed by atoms with Gasteiger partial charge in [0.15, 0.2) is 0 Å². The van der Waals surface area contributed by atoms with E-state index in [1.54, 1.807) is 28.0 Å². The largest absolute Gasteiger partial charge is 0.369 e. The topological polar surface area (TPSA) is 97.0 Å². The number of primary amides is 1. The molecule has 1 aliphatic rings. The molecule has 0 radical (unpaired) electrons. The highest BCUT2D eigenvalue weighted by Gasteiger charge is 2.41. The van der Waals surface area contributed by atoms with Gasteiger partial charge in [-0.1, -0.05) is 6.92 Å². The number of aromatic amines is 1. The van der Waals surface area contributed by atoms with Gasteiger partial charge in [0.05, 0.1) is 17.7 Å². The van der Waals surface area contributed by atoms with Crippen LogP contribution in [-0.4, -0.2) is 44.6 Å². The van der Waals surface area contributed by atoms with Crippen molar-refractivity contribution < 1.29 is 9.59 Å². The maximum atomic E-state index is 12.9. The summed E-state index contributed by atoms with van der Waals surface area (Å²) in [7, 11) is 1.86. The minimum Gasteiger partial charge on any atom is -0.369 e. The molecule has 2 atom stereocenters. The lowest BCUT2D eigenvalue weighted by molar-refractivity contribution is -0.121. The predicted molar refractivity (Wildman–Crippen MR) is 89.4 cm³/mol. The summed E-state index contributed by atoms with van der Waals surface area (Å²) in [5, 5.41) is 4.26. The Labute approximate surface area is 140 Å². The summed E-state index contributed by atoms with van der Waals surface area (Å²) in [5.74, 6) is -0.920. The molecule has 24 heavy (non-hydrogen) atoms. The van der Waals surface area contributed by atoms with Crippen LogP contribution in [0.3, 0.4) is 0 Å². The smallest absolute Gasteiger partial charge is 0.255 e. The van der Waals surface area contributed by atoms with Crippen molar-refractivity contribution in [2.75, 3.05) is 13.1 Å². The summed E-state index contributed by atoms with van der Waals surface area (Å²) in [5.41, 5.74) is 9.18. The molecular weight excluding hydrogens is 306 g/mol. The normalized spacial score (nSPS) is 20.5. The standard InChI is InChI=1S/C17H23N5O2/c1-4-15-11(5-6-19-15)17(24)22-8-13(14(9-22)16(18)23)12-7-20-21(3)10(12)2/h5-7,13-14,19H,4,8-9H2,1-3H3,(H2,18,23)/t13-,14+/m1/s1. The molecule has 0 aromatic carbocycles. The van der Waals surface area contributed by atoms with E-state index < -0.39 is 0 Å². The predicted octanol–water partition coefficient (Wildman–Crippen LogP) is 0.960. The number of rotatable bonds is 4. The Kier molecular flexibility index (Phi) is 4.17. The van der Waals surface area contributed by atoms with E-state index in [4.69, 9.17) is 5.73 Å². The molecule has 0 aliphatic carbocycles. The van der Waals surface area contributed by atoms with Crippen LogP contribution in [0.25, 0.3) is 0 Å². The number of aryl methyl sites for hydroxylation is 2. The summed E-state index contributed by atoms with van der Waals surface area (Å²) in [6.07, 6.45) is 4.31. The van der Waals surface area contributed by atoms with E-state index in [0.29, 0.717) is 18.7 Å². The van der Waals surface area contributed by atoms with E-state index in [9.17, 15) is 9.59 Å². The first-order valence-electron chi connectivity index (χ1n) is 8.17. The van der Waals surface area contributed by atoms with E-state index in [-0.39, 0.29) is 23.7 Å². The molecule has 3 rings (SSSR count). The van der Waals surface area contributed by atoms with Gasteiger partial charge in [-0.05, 0) is 25.0 Å². The second-order valence-electron chi connectivity index (χ2n) is 6.36. The fraction of sp³-hybridized carbons (Fsp3) is 0.471. The van der Waals surface area contributed by atoms with Crippen molar-refractivity contribution in [1.29, 1.82) is 0 Å². The molecule has 1 aliphatic heterocycles. The quantitative estimate of drug-likeness (QED) is 0.874. The SMILES string of the molecule is CCc1[nH]ccc1C(=O)N1C[C@H](C(N)=O)[C@@H](c2cnn(C)c2C)C1. The molecule has 0 saturated carbocycles. The number of carbonyl (C=O) groups excluding carboxylic acids is 2. The van der Waals surface area contributed by atoms with E-state index in [0.717, 1.165) is 23.4 Å². The third-order valence-corrected chi connectivity index (χ3v) is 5.06. The molecule has 0 unspecified atom stereocenters. The number of nitrogens with one attached hydrogen (secondary N) is 1. The summed E-state index contributed by atoms with van der Waals surface area (Å²) < 4.78 is 1.78. The molecule has 2 aromatic rings. The Hall–Kier alpha value is -2.57. The number of nitrogens with two attached hydrogens (primary N) is 1. The van der Waals surface area contributed by atoms with Gasteiger partial charge in [0.1, 0.15) is 0 Å². The first-order chi connectivity index (χ1) is 11.4. The van der Waals surface area contributed by atoms with Crippen LogP contribution in [0, 0.1) is 12.8 Å². The van der Waals surface area contributed by atoms with Gasteiger partial charge >= 0.3 is 0 Å². The number of amides is 2. The number of aromatic nitrogens is 3. The van der Waals surface area contributed by atoms with Crippen molar-refractivity contribution in [3.8, 4) is 0 Å².